The maximum absolute atomic E-state index is 9.99. The van der Waals surface area contributed by atoms with E-state index in [9.17, 15) is 5.11 Å². The number of nitrogens with one attached hydrogen (secondary N) is 2. The van der Waals surface area contributed by atoms with Crippen LogP contribution in [-0.4, -0.2) is 57.1 Å². The van der Waals surface area contributed by atoms with Gasteiger partial charge in [0.25, 0.3) is 0 Å². The lowest BCUT2D eigenvalue weighted by atomic mass is 10.2. The second-order valence-corrected chi connectivity index (χ2v) is 5.06. The molecule has 0 aliphatic carbocycles. The molecule has 1 unspecified atom stereocenters. The molecule has 1 atom stereocenters. The van der Waals surface area contributed by atoms with Crippen LogP contribution in [0.3, 0.4) is 0 Å². The first-order chi connectivity index (χ1) is 11.2. The number of aryl methyl sites for hydroxylation is 1. The van der Waals surface area contributed by atoms with Gasteiger partial charge in [-0.3, -0.25) is 4.99 Å². The molecular weight excluding hydrogens is 294 g/mol. The Morgan fingerprint density at radius 1 is 1.43 bits per heavy atom. The normalized spacial score (nSPS) is 12.6. The standard InChI is InChI=1S/C17H27N3O3/c1-4-8-18-17(19-9-10-22-3)20-12-15(21)13-23-16-7-5-6-14(2)11-16/h4-7,11,15,21H,1,8-10,12-13H2,2-3H3,(H2,18,19,20). The van der Waals surface area contributed by atoms with Gasteiger partial charge in [-0.2, -0.15) is 0 Å². The SMILES string of the molecule is C=CCNC(=NCC(O)COc1cccc(C)c1)NCCOC. The summed E-state index contributed by atoms with van der Waals surface area (Å²) in [6.07, 6.45) is 1.06. The van der Waals surface area contributed by atoms with E-state index in [0.717, 1.165) is 11.3 Å². The first-order valence-electron chi connectivity index (χ1n) is 7.65. The van der Waals surface area contributed by atoms with Crippen molar-refractivity contribution in [2.75, 3.05) is 40.0 Å². The Balaban J connectivity index is 2.41. The number of benzene rings is 1. The molecule has 128 valence electrons. The van der Waals surface area contributed by atoms with Gasteiger partial charge in [0, 0.05) is 20.2 Å². The lowest BCUT2D eigenvalue weighted by Crippen LogP contribution is -2.40. The van der Waals surface area contributed by atoms with Crippen molar-refractivity contribution < 1.29 is 14.6 Å². The van der Waals surface area contributed by atoms with Crippen molar-refractivity contribution >= 4 is 5.96 Å². The minimum absolute atomic E-state index is 0.194. The highest BCUT2D eigenvalue weighted by molar-refractivity contribution is 5.79. The molecule has 6 nitrogen and oxygen atoms in total. The largest absolute Gasteiger partial charge is 0.491 e. The Morgan fingerprint density at radius 3 is 2.96 bits per heavy atom. The molecular formula is C17H27N3O3. The van der Waals surface area contributed by atoms with E-state index in [1.807, 2.05) is 31.2 Å². The van der Waals surface area contributed by atoms with Crippen LogP contribution in [0.15, 0.2) is 41.9 Å². The summed E-state index contributed by atoms with van der Waals surface area (Å²) in [5, 5.41) is 16.2. The molecule has 0 spiro atoms. The van der Waals surface area contributed by atoms with Gasteiger partial charge in [0.05, 0.1) is 13.2 Å². The molecule has 1 rings (SSSR count). The number of aliphatic hydroxyl groups excluding tert-OH is 1. The topological polar surface area (TPSA) is 75.1 Å². The van der Waals surface area contributed by atoms with Gasteiger partial charge in [-0.05, 0) is 24.6 Å². The van der Waals surface area contributed by atoms with Crippen molar-refractivity contribution in [2.24, 2.45) is 4.99 Å². The van der Waals surface area contributed by atoms with Crippen LogP contribution in [0.1, 0.15) is 5.56 Å². The molecule has 1 aromatic carbocycles. The van der Waals surface area contributed by atoms with Crippen LogP contribution in [0.4, 0.5) is 0 Å². The lowest BCUT2D eigenvalue weighted by molar-refractivity contribution is 0.114. The molecule has 0 radical (unpaired) electrons. The Hall–Kier alpha value is -2.05. The lowest BCUT2D eigenvalue weighted by Gasteiger charge is -2.14. The molecule has 3 N–H and O–H groups in total. The molecule has 0 fully saturated rings. The Labute approximate surface area is 138 Å². The third-order valence-electron chi connectivity index (χ3n) is 2.90. The van der Waals surface area contributed by atoms with E-state index in [4.69, 9.17) is 9.47 Å². The van der Waals surface area contributed by atoms with Crippen molar-refractivity contribution in [3.8, 4) is 5.75 Å². The van der Waals surface area contributed by atoms with Crippen LogP contribution in [0.25, 0.3) is 0 Å². The molecule has 0 saturated heterocycles. The smallest absolute Gasteiger partial charge is 0.191 e. The van der Waals surface area contributed by atoms with Gasteiger partial charge in [0.2, 0.25) is 0 Å². The summed E-state index contributed by atoms with van der Waals surface area (Å²) < 4.78 is 10.5. The van der Waals surface area contributed by atoms with Gasteiger partial charge < -0.3 is 25.2 Å². The zero-order chi connectivity index (χ0) is 16.9. The summed E-state index contributed by atoms with van der Waals surface area (Å²) in [5.74, 6) is 1.35. The molecule has 1 aromatic rings. The second-order valence-electron chi connectivity index (χ2n) is 5.06. The van der Waals surface area contributed by atoms with Crippen LogP contribution in [-0.2, 0) is 4.74 Å². The fraction of sp³-hybridized carbons (Fsp3) is 0.471. The van der Waals surface area contributed by atoms with Gasteiger partial charge in [0.1, 0.15) is 18.5 Å². The number of nitrogens with zero attached hydrogens (tertiary/aromatic N) is 1. The van der Waals surface area contributed by atoms with Crippen molar-refractivity contribution in [3.05, 3.63) is 42.5 Å². The van der Waals surface area contributed by atoms with Gasteiger partial charge in [-0.25, -0.2) is 0 Å². The predicted octanol–water partition coefficient (Wildman–Crippen LogP) is 1.10. The Kier molecular flexibility index (Phi) is 9.51. The van der Waals surface area contributed by atoms with Gasteiger partial charge in [0.15, 0.2) is 5.96 Å². The first kappa shape index (κ1) is 19.0. The van der Waals surface area contributed by atoms with Gasteiger partial charge in [-0.15, -0.1) is 6.58 Å². The fourth-order valence-electron chi connectivity index (χ4n) is 1.76. The number of rotatable bonds is 10. The number of methoxy groups -OCH3 is 1. The molecule has 6 heteroatoms. The zero-order valence-electron chi connectivity index (χ0n) is 13.9. The van der Waals surface area contributed by atoms with E-state index in [1.54, 1.807) is 13.2 Å². The van der Waals surface area contributed by atoms with Crippen LogP contribution in [0.2, 0.25) is 0 Å². The number of hydrogen-bond acceptors (Lipinski definition) is 4. The quantitative estimate of drug-likeness (QED) is 0.260. The predicted molar refractivity (Wildman–Crippen MR) is 93.1 cm³/mol. The van der Waals surface area contributed by atoms with Crippen LogP contribution in [0, 0.1) is 6.92 Å². The van der Waals surface area contributed by atoms with Crippen molar-refractivity contribution in [1.82, 2.24) is 10.6 Å². The molecule has 0 amide bonds. The minimum atomic E-state index is -0.680. The number of aliphatic imine (C=N–C) groups is 1. The summed E-state index contributed by atoms with van der Waals surface area (Å²) in [6, 6.07) is 7.72. The number of guanidine groups is 1. The third-order valence-corrected chi connectivity index (χ3v) is 2.90. The monoisotopic (exact) mass is 321 g/mol. The van der Waals surface area contributed by atoms with E-state index < -0.39 is 6.10 Å². The van der Waals surface area contributed by atoms with Crippen molar-refractivity contribution in [1.29, 1.82) is 0 Å². The molecule has 23 heavy (non-hydrogen) atoms. The van der Waals surface area contributed by atoms with Crippen molar-refractivity contribution in [3.63, 3.8) is 0 Å². The van der Waals surface area contributed by atoms with E-state index in [1.165, 1.54) is 0 Å². The number of ether oxygens (including phenoxy) is 2. The van der Waals surface area contributed by atoms with E-state index in [2.05, 4.69) is 22.2 Å². The molecule has 0 aliphatic rings. The van der Waals surface area contributed by atoms with Crippen molar-refractivity contribution in [2.45, 2.75) is 13.0 Å². The van der Waals surface area contributed by atoms with Crippen LogP contribution >= 0.6 is 0 Å². The van der Waals surface area contributed by atoms with Gasteiger partial charge >= 0.3 is 0 Å². The molecule has 0 bridgehead atoms. The van der Waals surface area contributed by atoms with E-state index >= 15 is 0 Å². The molecule has 0 aliphatic heterocycles. The highest BCUT2D eigenvalue weighted by Crippen LogP contribution is 2.12. The second kappa shape index (κ2) is 11.5. The highest BCUT2D eigenvalue weighted by atomic mass is 16.5. The number of hydrogen-bond donors (Lipinski definition) is 3. The molecule has 0 saturated carbocycles. The molecule has 0 heterocycles. The maximum atomic E-state index is 9.99. The maximum Gasteiger partial charge on any atom is 0.191 e. The Bertz CT molecular complexity index is 492. The summed E-state index contributed by atoms with van der Waals surface area (Å²) in [5.41, 5.74) is 1.12. The third kappa shape index (κ3) is 8.85. The minimum Gasteiger partial charge on any atom is -0.491 e. The summed E-state index contributed by atoms with van der Waals surface area (Å²) in [4.78, 5) is 4.32. The summed E-state index contributed by atoms with van der Waals surface area (Å²) in [7, 11) is 1.64. The van der Waals surface area contributed by atoms with E-state index in [0.29, 0.717) is 25.7 Å². The average molecular weight is 321 g/mol. The van der Waals surface area contributed by atoms with Gasteiger partial charge in [-0.1, -0.05) is 18.2 Å². The Morgan fingerprint density at radius 2 is 2.26 bits per heavy atom. The zero-order valence-corrected chi connectivity index (χ0v) is 13.9. The van der Waals surface area contributed by atoms with Crippen LogP contribution < -0.4 is 15.4 Å². The molecule has 0 aromatic heterocycles. The number of aliphatic hydroxyl groups is 1. The fourth-order valence-corrected chi connectivity index (χ4v) is 1.76. The summed E-state index contributed by atoms with van der Waals surface area (Å²) in [6.45, 7) is 7.89. The highest BCUT2D eigenvalue weighted by Gasteiger charge is 2.06. The first-order valence-corrected chi connectivity index (χ1v) is 7.65. The summed E-state index contributed by atoms with van der Waals surface area (Å²) >= 11 is 0. The van der Waals surface area contributed by atoms with E-state index in [-0.39, 0.29) is 13.2 Å². The van der Waals surface area contributed by atoms with Crippen LogP contribution in [0.5, 0.6) is 5.75 Å². The average Bonchev–Trinajstić information content (AvgIpc) is 2.55.